The summed E-state index contributed by atoms with van der Waals surface area (Å²) in [7, 11) is 0. The van der Waals surface area contributed by atoms with E-state index in [0.717, 1.165) is 31.4 Å². The maximum Gasteiger partial charge on any atom is 0.275 e. The number of carbonyl (C=O) groups excluding carboxylic acids is 1. The van der Waals surface area contributed by atoms with Gasteiger partial charge in [0.25, 0.3) is 5.91 Å². The van der Waals surface area contributed by atoms with E-state index in [4.69, 9.17) is 9.47 Å². The average Bonchev–Trinajstić information content (AvgIpc) is 2.88. The third-order valence-electron chi connectivity index (χ3n) is 5.01. The Labute approximate surface area is 221 Å². The average molecular weight is 594 g/mol. The van der Waals surface area contributed by atoms with Crippen molar-refractivity contribution in [1.29, 1.82) is 0 Å². The fourth-order valence-corrected chi connectivity index (χ4v) is 3.97. The van der Waals surface area contributed by atoms with Crippen LogP contribution in [-0.2, 0) is 13.2 Å². The van der Waals surface area contributed by atoms with Crippen LogP contribution in [0.15, 0.2) is 111 Å². The van der Waals surface area contributed by atoms with Gasteiger partial charge in [-0.15, -0.1) is 0 Å². The van der Waals surface area contributed by atoms with Crippen LogP contribution in [0.3, 0.4) is 0 Å². The number of amides is 1. The number of hydrogen-bond donors (Lipinski definition) is 1. The topological polar surface area (TPSA) is 59.9 Å². The molecule has 1 amide bonds. The van der Waals surface area contributed by atoms with Crippen molar-refractivity contribution in [2.75, 3.05) is 0 Å². The van der Waals surface area contributed by atoms with Gasteiger partial charge in [0.2, 0.25) is 0 Å². The molecule has 0 aromatic heterocycles. The molecule has 0 aliphatic heterocycles. The summed E-state index contributed by atoms with van der Waals surface area (Å²) >= 11 is 6.97. The summed E-state index contributed by atoms with van der Waals surface area (Å²) in [5, 5.41) is 4.10. The first-order valence-electron chi connectivity index (χ1n) is 10.8. The molecule has 0 aliphatic carbocycles. The van der Waals surface area contributed by atoms with Gasteiger partial charge in [0.15, 0.2) is 0 Å². The molecular formula is C28H22Br2N2O3. The van der Waals surface area contributed by atoms with Crippen LogP contribution in [-0.4, -0.2) is 12.1 Å². The molecule has 1 N–H and O–H groups in total. The first kappa shape index (κ1) is 24.7. The smallest absolute Gasteiger partial charge is 0.275 e. The molecule has 176 valence electrons. The molecule has 0 unspecified atom stereocenters. The number of rotatable bonds is 9. The quantitative estimate of drug-likeness (QED) is 0.166. The lowest BCUT2D eigenvalue weighted by Gasteiger charge is -2.10. The molecule has 0 atom stereocenters. The van der Waals surface area contributed by atoms with E-state index in [1.54, 1.807) is 24.4 Å². The highest BCUT2D eigenvalue weighted by Crippen LogP contribution is 2.26. The molecular weight excluding hydrogens is 572 g/mol. The predicted octanol–water partition coefficient (Wildman–Crippen LogP) is 7.13. The highest BCUT2D eigenvalue weighted by molar-refractivity contribution is 9.10. The van der Waals surface area contributed by atoms with Crippen molar-refractivity contribution in [3.05, 3.63) is 128 Å². The van der Waals surface area contributed by atoms with Crippen LogP contribution in [0.2, 0.25) is 0 Å². The van der Waals surface area contributed by atoms with Crippen LogP contribution < -0.4 is 14.9 Å². The molecule has 5 nitrogen and oxygen atoms in total. The zero-order valence-corrected chi connectivity index (χ0v) is 21.8. The molecule has 4 rings (SSSR count). The van der Waals surface area contributed by atoms with E-state index in [1.165, 1.54) is 0 Å². The maximum absolute atomic E-state index is 12.7. The Morgan fingerprint density at radius 2 is 1.43 bits per heavy atom. The molecule has 7 heteroatoms. The molecule has 0 heterocycles. The highest BCUT2D eigenvalue weighted by Gasteiger charge is 2.11. The van der Waals surface area contributed by atoms with E-state index < -0.39 is 0 Å². The molecule has 0 aliphatic rings. The van der Waals surface area contributed by atoms with E-state index >= 15 is 0 Å². The Bertz CT molecular complexity index is 1310. The monoisotopic (exact) mass is 592 g/mol. The lowest BCUT2D eigenvalue weighted by atomic mass is 10.2. The van der Waals surface area contributed by atoms with Gasteiger partial charge in [0.05, 0.1) is 16.3 Å². The number of nitrogens with zero attached hydrogens (tertiary/aromatic N) is 1. The number of ether oxygens (including phenoxy) is 2. The minimum Gasteiger partial charge on any atom is -0.488 e. The first-order valence-corrected chi connectivity index (χ1v) is 12.4. The van der Waals surface area contributed by atoms with Gasteiger partial charge in [-0.25, -0.2) is 5.43 Å². The van der Waals surface area contributed by atoms with Gasteiger partial charge in [0, 0.05) is 4.47 Å². The first-order chi connectivity index (χ1) is 17.1. The fraction of sp³-hybridized carbons (Fsp3) is 0.0714. The molecule has 0 saturated heterocycles. The lowest BCUT2D eigenvalue weighted by molar-refractivity contribution is 0.0950. The van der Waals surface area contributed by atoms with E-state index in [9.17, 15) is 4.79 Å². The second kappa shape index (κ2) is 12.3. The van der Waals surface area contributed by atoms with E-state index in [2.05, 4.69) is 42.4 Å². The highest BCUT2D eigenvalue weighted by atomic mass is 79.9. The molecule has 4 aromatic carbocycles. The SMILES string of the molecule is O=C(N/N=C/c1ccc(OCc2ccc(Br)cc2)c(Br)c1)c1ccccc1OCc1ccccc1. The van der Waals surface area contributed by atoms with Gasteiger partial charge >= 0.3 is 0 Å². The van der Waals surface area contributed by atoms with E-state index in [0.29, 0.717) is 24.5 Å². The van der Waals surface area contributed by atoms with Crippen LogP contribution in [0.5, 0.6) is 11.5 Å². The number of carbonyl (C=O) groups is 1. The predicted molar refractivity (Wildman–Crippen MR) is 145 cm³/mol. The largest absolute Gasteiger partial charge is 0.488 e. The molecule has 0 fully saturated rings. The van der Waals surface area contributed by atoms with Crippen LogP contribution in [0.25, 0.3) is 0 Å². The summed E-state index contributed by atoms with van der Waals surface area (Å²) in [4.78, 5) is 12.7. The molecule has 4 aromatic rings. The number of hydrogen-bond acceptors (Lipinski definition) is 4. The summed E-state index contributed by atoms with van der Waals surface area (Å²) in [5.41, 5.74) is 5.89. The Morgan fingerprint density at radius 3 is 2.17 bits per heavy atom. The number of nitrogens with one attached hydrogen (secondary N) is 1. The molecule has 0 bridgehead atoms. The van der Waals surface area contributed by atoms with Gasteiger partial charge < -0.3 is 9.47 Å². The van der Waals surface area contributed by atoms with Crippen LogP contribution >= 0.6 is 31.9 Å². The van der Waals surface area contributed by atoms with Crippen LogP contribution in [0, 0.1) is 0 Å². The fourth-order valence-electron chi connectivity index (χ4n) is 3.20. The van der Waals surface area contributed by atoms with Crippen molar-refractivity contribution in [1.82, 2.24) is 5.43 Å². The van der Waals surface area contributed by atoms with Gasteiger partial charge in [-0.05, 0) is 75.1 Å². The van der Waals surface area contributed by atoms with E-state index in [-0.39, 0.29) is 5.91 Å². The van der Waals surface area contributed by atoms with Crippen LogP contribution in [0.4, 0.5) is 0 Å². The Hall–Kier alpha value is -3.42. The van der Waals surface area contributed by atoms with Crippen molar-refractivity contribution >= 4 is 44.0 Å². The Balaban J connectivity index is 1.34. The summed E-state index contributed by atoms with van der Waals surface area (Å²) < 4.78 is 13.6. The summed E-state index contributed by atoms with van der Waals surface area (Å²) in [5.74, 6) is 0.871. The zero-order valence-electron chi connectivity index (χ0n) is 18.7. The number of hydrazone groups is 1. The van der Waals surface area contributed by atoms with E-state index in [1.807, 2.05) is 78.9 Å². The second-order valence-electron chi connectivity index (χ2n) is 7.57. The normalized spacial score (nSPS) is 10.8. The minimum absolute atomic E-state index is 0.349. The van der Waals surface area contributed by atoms with Crippen molar-refractivity contribution in [2.24, 2.45) is 5.10 Å². The van der Waals surface area contributed by atoms with Crippen LogP contribution in [0.1, 0.15) is 27.0 Å². The maximum atomic E-state index is 12.7. The second-order valence-corrected chi connectivity index (χ2v) is 9.34. The zero-order chi connectivity index (χ0) is 24.5. The molecule has 0 spiro atoms. The third-order valence-corrected chi connectivity index (χ3v) is 6.16. The molecule has 0 saturated carbocycles. The summed E-state index contributed by atoms with van der Waals surface area (Å²) in [6, 6.07) is 30.5. The minimum atomic E-state index is -0.349. The van der Waals surface area contributed by atoms with Crippen molar-refractivity contribution in [2.45, 2.75) is 13.2 Å². The molecule has 0 radical (unpaired) electrons. The summed E-state index contributed by atoms with van der Waals surface area (Å²) in [6.07, 6.45) is 1.58. The Morgan fingerprint density at radius 1 is 0.771 bits per heavy atom. The summed E-state index contributed by atoms with van der Waals surface area (Å²) in [6.45, 7) is 0.833. The number of para-hydroxylation sites is 1. The van der Waals surface area contributed by atoms with Crippen molar-refractivity contribution in [3.8, 4) is 11.5 Å². The van der Waals surface area contributed by atoms with Crippen molar-refractivity contribution in [3.63, 3.8) is 0 Å². The van der Waals surface area contributed by atoms with Gasteiger partial charge in [-0.2, -0.15) is 5.10 Å². The lowest BCUT2D eigenvalue weighted by Crippen LogP contribution is -2.18. The molecule has 35 heavy (non-hydrogen) atoms. The number of benzene rings is 4. The Kier molecular flexibility index (Phi) is 8.70. The third kappa shape index (κ3) is 7.28. The van der Waals surface area contributed by atoms with Gasteiger partial charge in [-0.3, -0.25) is 4.79 Å². The van der Waals surface area contributed by atoms with Gasteiger partial charge in [0.1, 0.15) is 24.7 Å². The van der Waals surface area contributed by atoms with Gasteiger partial charge in [-0.1, -0.05) is 70.5 Å². The standard InChI is InChI=1S/C28H22Br2N2O3/c29-23-13-10-21(11-14-23)19-35-27-15-12-22(16-25(27)30)17-31-32-28(33)24-8-4-5-9-26(24)34-18-20-6-2-1-3-7-20/h1-17H,18-19H2,(H,32,33)/b31-17+. The number of halogens is 2. The van der Waals surface area contributed by atoms with Crippen molar-refractivity contribution < 1.29 is 14.3 Å².